The van der Waals surface area contributed by atoms with Gasteiger partial charge in [0.1, 0.15) is 11.8 Å². The summed E-state index contributed by atoms with van der Waals surface area (Å²) in [5.41, 5.74) is 2.45. The molecule has 2 amide bonds. The molecule has 0 aliphatic heterocycles. The summed E-state index contributed by atoms with van der Waals surface area (Å²) in [5, 5.41) is 3.75. The maximum absolute atomic E-state index is 13.1. The zero-order chi connectivity index (χ0) is 23.3. The van der Waals surface area contributed by atoms with Crippen LogP contribution in [0.1, 0.15) is 44.4 Å². The van der Waals surface area contributed by atoms with E-state index < -0.39 is 11.6 Å². The summed E-state index contributed by atoms with van der Waals surface area (Å²) in [5.74, 6) is 0.0706. The Morgan fingerprint density at radius 3 is 2.19 bits per heavy atom. The van der Waals surface area contributed by atoms with Crippen molar-refractivity contribution in [3.8, 4) is 5.75 Å². The molecular formula is C24H30Cl2N2O3. The fraction of sp³-hybridized carbons (Fsp3) is 0.417. The minimum atomic E-state index is -0.705. The van der Waals surface area contributed by atoms with Gasteiger partial charge in [0.05, 0.1) is 10.0 Å². The lowest BCUT2D eigenvalue weighted by Gasteiger charge is -2.31. The van der Waals surface area contributed by atoms with Gasteiger partial charge < -0.3 is 15.0 Å². The van der Waals surface area contributed by atoms with Gasteiger partial charge in [-0.25, -0.2) is 0 Å². The Kier molecular flexibility index (Phi) is 8.38. The third-order valence-electron chi connectivity index (χ3n) is 4.56. The van der Waals surface area contributed by atoms with Gasteiger partial charge in [0, 0.05) is 12.1 Å². The highest BCUT2D eigenvalue weighted by atomic mass is 35.5. The molecule has 2 aromatic rings. The van der Waals surface area contributed by atoms with Gasteiger partial charge in [0.25, 0.3) is 5.91 Å². The van der Waals surface area contributed by atoms with Crippen LogP contribution in [0, 0.1) is 13.8 Å². The molecule has 1 atom stereocenters. The van der Waals surface area contributed by atoms with E-state index >= 15 is 0 Å². The molecule has 31 heavy (non-hydrogen) atoms. The molecule has 0 aliphatic rings. The molecule has 0 bridgehead atoms. The van der Waals surface area contributed by atoms with Crippen molar-refractivity contribution in [2.45, 2.75) is 59.7 Å². The second-order valence-corrected chi connectivity index (χ2v) is 9.61. The number of carbonyl (C=O) groups is 2. The van der Waals surface area contributed by atoms with Crippen LogP contribution in [0.4, 0.5) is 0 Å². The number of rotatable bonds is 7. The Bertz CT molecular complexity index is 934. The predicted octanol–water partition coefficient (Wildman–Crippen LogP) is 5.32. The molecule has 0 spiro atoms. The van der Waals surface area contributed by atoms with Crippen molar-refractivity contribution >= 4 is 35.0 Å². The number of ether oxygens (including phenoxy) is 1. The monoisotopic (exact) mass is 464 g/mol. The van der Waals surface area contributed by atoms with Gasteiger partial charge >= 0.3 is 0 Å². The fourth-order valence-corrected chi connectivity index (χ4v) is 3.46. The molecule has 0 saturated heterocycles. The first-order valence-corrected chi connectivity index (χ1v) is 10.9. The predicted molar refractivity (Wildman–Crippen MR) is 126 cm³/mol. The Morgan fingerprint density at radius 2 is 1.65 bits per heavy atom. The smallest absolute Gasteiger partial charge is 0.261 e. The lowest BCUT2D eigenvalue weighted by atomic mass is 10.1. The van der Waals surface area contributed by atoms with E-state index in [1.807, 2.05) is 52.8 Å². The minimum absolute atomic E-state index is 0.183. The molecule has 0 aliphatic carbocycles. The van der Waals surface area contributed by atoms with E-state index in [-0.39, 0.29) is 25.0 Å². The number of amides is 2. The van der Waals surface area contributed by atoms with E-state index in [4.69, 9.17) is 27.9 Å². The molecule has 0 aromatic heterocycles. The molecule has 2 rings (SSSR count). The van der Waals surface area contributed by atoms with Gasteiger partial charge in [-0.2, -0.15) is 0 Å². The van der Waals surface area contributed by atoms with E-state index in [1.165, 1.54) is 4.90 Å². The number of hydrogen-bond acceptors (Lipinski definition) is 3. The van der Waals surface area contributed by atoms with Gasteiger partial charge in [-0.1, -0.05) is 35.3 Å². The first-order chi connectivity index (χ1) is 14.4. The van der Waals surface area contributed by atoms with Crippen molar-refractivity contribution in [2.75, 3.05) is 6.61 Å². The van der Waals surface area contributed by atoms with Crippen LogP contribution in [0.3, 0.4) is 0 Å². The molecule has 0 saturated carbocycles. The Labute approximate surface area is 194 Å². The molecule has 0 heterocycles. The number of nitrogens with one attached hydrogen (secondary N) is 1. The van der Waals surface area contributed by atoms with Crippen molar-refractivity contribution in [1.82, 2.24) is 10.2 Å². The largest absolute Gasteiger partial charge is 0.484 e. The molecule has 2 aromatic carbocycles. The first-order valence-electron chi connectivity index (χ1n) is 10.1. The van der Waals surface area contributed by atoms with E-state index in [2.05, 4.69) is 5.32 Å². The summed E-state index contributed by atoms with van der Waals surface area (Å²) in [4.78, 5) is 27.4. The second-order valence-electron chi connectivity index (χ2n) is 8.80. The highest BCUT2D eigenvalue weighted by Gasteiger charge is 2.28. The van der Waals surface area contributed by atoms with E-state index in [0.717, 1.165) is 16.7 Å². The zero-order valence-corrected chi connectivity index (χ0v) is 20.4. The molecule has 0 radical (unpaired) electrons. The maximum atomic E-state index is 13.1. The minimum Gasteiger partial charge on any atom is -0.484 e. The van der Waals surface area contributed by atoms with Crippen LogP contribution in [0.2, 0.25) is 10.0 Å². The van der Waals surface area contributed by atoms with Gasteiger partial charge in [-0.3, -0.25) is 9.59 Å². The first kappa shape index (κ1) is 25.0. The molecule has 168 valence electrons. The molecular weight excluding hydrogens is 435 g/mol. The number of hydrogen-bond donors (Lipinski definition) is 1. The fourth-order valence-electron chi connectivity index (χ4n) is 3.14. The zero-order valence-electron chi connectivity index (χ0n) is 18.9. The van der Waals surface area contributed by atoms with E-state index in [0.29, 0.717) is 15.8 Å². The summed E-state index contributed by atoms with van der Waals surface area (Å²) in [6, 6.07) is 10.2. The Morgan fingerprint density at radius 1 is 1.03 bits per heavy atom. The number of benzene rings is 2. The molecule has 5 nitrogen and oxygen atoms in total. The normalized spacial score (nSPS) is 12.3. The van der Waals surface area contributed by atoms with Gasteiger partial charge in [-0.05, 0) is 82.5 Å². The summed E-state index contributed by atoms with van der Waals surface area (Å²) < 4.78 is 5.75. The van der Waals surface area contributed by atoms with Crippen LogP contribution in [-0.4, -0.2) is 34.9 Å². The third kappa shape index (κ3) is 7.75. The van der Waals surface area contributed by atoms with Crippen molar-refractivity contribution < 1.29 is 14.3 Å². The van der Waals surface area contributed by atoms with Crippen molar-refractivity contribution in [3.63, 3.8) is 0 Å². The second kappa shape index (κ2) is 10.4. The van der Waals surface area contributed by atoms with E-state index in [1.54, 1.807) is 25.1 Å². The standard InChI is InChI=1S/C24H30Cl2N2O3/c1-15-9-16(2)11-19(10-15)31-14-22(29)28(17(3)23(30)27-24(4,5)6)13-18-7-8-20(25)21(26)12-18/h7-12,17H,13-14H2,1-6H3,(H,27,30)/t17-/m1/s1. The SMILES string of the molecule is Cc1cc(C)cc(OCC(=O)N(Cc2ccc(Cl)c(Cl)c2)[C@H](C)C(=O)NC(C)(C)C)c1. The van der Waals surface area contributed by atoms with Crippen LogP contribution < -0.4 is 10.1 Å². The van der Waals surface area contributed by atoms with Crippen LogP contribution in [0.15, 0.2) is 36.4 Å². The van der Waals surface area contributed by atoms with Gasteiger partial charge in [-0.15, -0.1) is 0 Å². The average molecular weight is 465 g/mol. The van der Waals surface area contributed by atoms with Crippen LogP contribution >= 0.6 is 23.2 Å². The quantitative estimate of drug-likeness (QED) is 0.602. The highest BCUT2D eigenvalue weighted by Crippen LogP contribution is 2.24. The maximum Gasteiger partial charge on any atom is 0.261 e. The molecule has 0 fully saturated rings. The third-order valence-corrected chi connectivity index (χ3v) is 5.30. The van der Waals surface area contributed by atoms with Crippen LogP contribution in [0.5, 0.6) is 5.75 Å². The van der Waals surface area contributed by atoms with Crippen molar-refractivity contribution in [1.29, 1.82) is 0 Å². The summed E-state index contributed by atoms with van der Waals surface area (Å²) >= 11 is 12.1. The Balaban J connectivity index is 2.23. The topological polar surface area (TPSA) is 58.6 Å². The average Bonchev–Trinajstić information content (AvgIpc) is 2.64. The summed E-state index contributed by atoms with van der Waals surface area (Å²) in [6.07, 6.45) is 0. The van der Waals surface area contributed by atoms with Crippen molar-refractivity contribution in [3.05, 3.63) is 63.1 Å². The van der Waals surface area contributed by atoms with Crippen LogP contribution in [-0.2, 0) is 16.1 Å². The van der Waals surface area contributed by atoms with Crippen molar-refractivity contribution in [2.24, 2.45) is 0 Å². The Hall–Kier alpha value is -2.24. The van der Waals surface area contributed by atoms with Crippen LogP contribution in [0.25, 0.3) is 0 Å². The lowest BCUT2D eigenvalue weighted by Crippen LogP contribution is -2.53. The van der Waals surface area contributed by atoms with Gasteiger partial charge in [0.15, 0.2) is 6.61 Å². The number of nitrogens with zero attached hydrogens (tertiary/aromatic N) is 1. The van der Waals surface area contributed by atoms with Gasteiger partial charge in [0.2, 0.25) is 5.91 Å². The number of aryl methyl sites for hydroxylation is 2. The molecule has 7 heteroatoms. The van der Waals surface area contributed by atoms with E-state index in [9.17, 15) is 9.59 Å². The highest BCUT2D eigenvalue weighted by molar-refractivity contribution is 6.42. The molecule has 1 N–H and O–H groups in total. The summed E-state index contributed by atoms with van der Waals surface area (Å²) in [6.45, 7) is 11.3. The molecule has 0 unspecified atom stereocenters. The number of carbonyl (C=O) groups excluding carboxylic acids is 2. The summed E-state index contributed by atoms with van der Waals surface area (Å²) in [7, 11) is 0. The number of halogens is 2. The lowest BCUT2D eigenvalue weighted by molar-refractivity contribution is -0.142.